The molecule has 0 bridgehead atoms. The normalized spacial score (nSPS) is 22.6. The van der Waals surface area contributed by atoms with Gasteiger partial charge in [0.25, 0.3) is 0 Å². The molecule has 1 saturated heterocycles. The Kier molecular flexibility index (Phi) is 5.16. The predicted octanol–water partition coefficient (Wildman–Crippen LogP) is 2.53. The van der Waals surface area contributed by atoms with Crippen molar-refractivity contribution in [2.45, 2.75) is 52.0 Å². The maximum atomic E-state index is 12.5. The third-order valence-corrected chi connectivity index (χ3v) is 5.39. The van der Waals surface area contributed by atoms with Crippen molar-refractivity contribution in [3.63, 3.8) is 0 Å². The lowest BCUT2D eigenvalue weighted by atomic mass is 9.95. The minimum absolute atomic E-state index is 0.109. The van der Waals surface area contributed by atoms with Gasteiger partial charge in [-0.2, -0.15) is 0 Å². The first-order chi connectivity index (χ1) is 9.52. The van der Waals surface area contributed by atoms with Gasteiger partial charge in [-0.3, -0.25) is 4.79 Å². The van der Waals surface area contributed by atoms with Crippen molar-refractivity contribution >= 4 is 17.2 Å². The van der Waals surface area contributed by atoms with Crippen molar-refractivity contribution in [3.05, 3.63) is 16.1 Å². The highest BCUT2D eigenvalue weighted by Gasteiger charge is 2.30. The van der Waals surface area contributed by atoms with E-state index < -0.39 is 0 Å². The Hall–Kier alpha value is -0.940. The molecule has 2 heterocycles. The lowest BCUT2D eigenvalue weighted by Crippen LogP contribution is -2.50. The van der Waals surface area contributed by atoms with E-state index in [0.29, 0.717) is 5.92 Å². The summed E-state index contributed by atoms with van der Waals surface area (Å²) in [6.45, 7) is 7.76. The van der Waals surface area contributed by atoms with E-state index in [2.05, 4.69) is 17.3 Å². The summed E-state index contributed by atoms with van der Waals surface area (Å²) in [6, 6.07) is -0.364. The predicted molar refractivity (Wildman–Crippen MR) is 82.8 cm³/mol. The number of piperidine rings is 1. The second-order valence-corrected chi connectivity index (χ2v) is 6.75. The molecule has 2 rings (SSSR count). The highest BCUT2D eigenvalue weighted by Crippen LogP contribution is 2.29. The van der Waals surface area contributed by atoms with E-state index in [1.165, 1.54) is 0 Å². The van der Waals surface area contributed by atoms with Crippen molar-refractivity contribution in [1.29, 1.82) is 0 Å². The van der Waals surface area contributed by atoms with Gasteiger partial charge in [-0.25, -0.2) is 4.98 Å². The van der Waals surface area contributed by atoms with Crippen LogP contribution in [-0.2, 0) is 4.79 Å². The number of amides is 1. The van der Waals surface area contributed by atoms with E-state index >= 15 is 0 Å². The van der Waals surface area contributed by atoms with Crippen molar-refractivity contribution < 1.29 is 4.79 Å². The molecule has 1 aliphatic rings. The summed E-state index contributed by atoms with van der Waals surface area (Å²) < 4.78 is 0. The van der Waals surface area contributed by atoms with Crippen LogP contribution in [0.25, 0.3) is 0 Å². The largest absolute Gasteiger partial charge is 0.341 e. The number of rotatable bonds is 4. The maximum absolute atomic E-state index is 12.5. The van der Waals surface area contributed by atoms with Crippen LogP contribution in [0.2, 0.25) is 0 Å². The minimum atomic E-state index is -0.364. The summed E-state index contributed by atoms with van der Waals surface area (Å²) in [5, 5.41) is 3.25. The summed E-state index contributed by atoms with van der Waals surface area (Å²) in [5.41, 5.74) is 7.16. The molecule has 3 unspecified atom stereocenters. The SMILES string of the molecule is CCC(C)C(N)C(=O)N1CCCC(c2nc(C)cs2)C1. The monoisotopic (exact) mass is 295 g/mol. The van der Waals surface area contributed by atoms with E-state index in [4.69, 9.17) is 5.73 Å². The topological polar surface area (TPSA) is 59.2 Å². The van der Waals surface area contributed by atoms with Gasteiger partial charge in [-0.05, 0) is 25.7 Å². The fraction of sp³-hybridized carbons (Fsp3) is 0.733. The Morgan fingerprint density at radius 2 is 2.40 bits per heavy atom. The third kappa shape index (κ3) is 3.38. The van der Waals surface area contributed by atoms with Gasteiger partial charge < -0.3 is 10.6 Å². The van der Waals surface area contributed by atoms with Gasteiger partial charge in [-0.15, -0.1) is 11.3 Å². The van der Waals surface area contributed by atoms with Crippen LogP contribution in [-0.4, -0.2) is 34.9 Å². The van der Waals surface area contributed by atoms with Gasteiger partial charge in [0.05, 0.1) is 11.0 Å². The Morgan fingerprint density at radius 3 is 3.00 bits per heavy atom. The van der Waals surface area contributed by atoms with Crippen molar-refractivity contribution in [2.24, 2.45) is 11.7 Å². The van der Waals surface area contributed by atoms with Crippen molar-refractivity contribution in [3.8, 4) is 0 Å². The summed E-state index contributed by atoms with van der Waals surface area (Å²) >= 11 is 1.71. The minimum Gasteiger partial charge on any atom is -0.341 e. The zero-order chi connectivity index (χ0) is 14.7. The lowest BCUT2D eigenvalue weighted by molar-refractivity contribution is -0.135. The van der Waals surface area contributed by atoms with E-state index in [-0.39, 0.29) is 17.9 Å². The van der Waals surface area contributed by atoms with Gasteiger partial charge in [0, 0.05) is 30.1 Å². The van der Waals surface area contributed by atoms with E-state index in [1.807, 2.05) is 18.7 Å². The molecule has 1 fully saturated rings. The van der Waals surface area contributed by atoms with Crippen LogP contribution in [0.15, 0.2) is 5.38 Å². The Balaban J connectivity index is 2.01. The number of aryl methyl sites for hydroxylation is 1. The molecule has 1 aliphatic heterocycles. The van der Waals surface area contributed by atoms with Crippen LogP contribution in [0, 0.1) is 12.8 Å². The first kappa shape index (κ1) is 15.4. The Bertz CT molecular complexity index is 460. The molecule has 0 radical (unpaired) electrons. The Labute approximate surface area is 125 Å². The van der Waals surface area contributed by atoms with Crippen LogP contribution in [0.3, 0.4) is 0 Å². The van der Waals surface area contributed by atoms with Gasteiger partial charge >= 0.3 is 0 Å². The molecule has 1 aromatic heterocycles. The lowest BCUT2D eigenvalue weighted by Gasteiger charge is -2.34. The van der Waals surface area contributed by atoms with Crippen LogP contribution in [0.1, 0.15) is 49.7 Å². The highest BCUT2D eigenvalue weighted by molar-refractivity contribution is 7.09. The smallest absolute Gasteiger partial charge is 0.239 e. The number of aromatic nitrogens is 1. The summed E-state index contributed by atoms with van der Waals surface area (Å²) in [4.78, 5) is 19.0. The van der Waals surface area contributed by atoms with Gasteiger partial charge in [0.2, 0.25) is 5.91 Å². The average molecular weight is 295 g/mol. The van der Waals surface area contributed by atoms with Crippen molar-refractivity contribution in [1.82, 2.24) is 9.88 Å². The second-order valence-electron chi connectivity index (χ2n) is 5.86. The molecule has 0 spiro atoms. The molecule has 0 saturated carbocycles. The van der Waals surface area contributed by atoms with E-state index in [0.717, 1.165) is 43.1 Å². The van der Waals surface area contributed by atoms with E-state index in [9.17, 15) is 4.79 Å². The number of likely N-dealkylation sites (tertiary alicyclic amines) is 1. The zero-order valence-electron chi connectivity index (χ0n) is 12.6. The third-order valence-electron chi connectivity index (χ3n) is 4.26. The molecule has 0 aromatic carbocycles. The number of carbonyl (C=O) groups excluding carboxylic acids is 1. The molecule has 1 amide bonds. The molecule has 20 heavy (non-hydrogen) atoms. The average Bonchev–Trinajstić information content (AvgIpc) is 2.91. The fourth-order valence-electron chi connectivity index (χ4n) is 2.65. The van der Waals surface area contributed by atoms with Gasteiger partial charge in [-0.1, -0.05) is 20.3 Å². The number of thiazole rings is 1. The van der Waals surface area contributed by atoms with E-state index in [1.54, 1.807) is 11.3 Å². The van der Waals surface area contributed by atoms with Crippen LogP contribution >= 0.6 is 11.3 Å². The Morgan fingerprint density at radius 1 is 1.65 bits per heavy atom. The number of hydrogen-bond acceptors (Lipinski definition) is 4. The number of nitrogens with two attached hydrogens (primary N) is 1. The standard InChI is InChI=1S/C15H25N3OS/c1-4-10(2)13(16)15(19)18-7-5-6-12(8-18)14-17-11(3)9-20-14/h9-10,12-13H,4-8,16H2,1-3H3. The summed E-state index contributed by atoms with van der Waals surface area (Å²) in [7, 11) is 0. The zero-order valence-corrected chi connectivity index (χ0v) is 13.4. The molecular formula is C15H25N3OS. The molecule has 1 aromatic rings. The molecule has 112 valence electrons. The van der Waals surface area contributed by atoms with Crippen LogP contribution < -0.4 is 5.73 Å². The van der Waals surface area contributed by atoms with Crippen molar-refractivity contribution in [2.75, 3.05) is 13.1 Å². The number of nitrogens with zero attached hydrogens (tertiary/aromatic N) is 2. The molecule has 4 nitrogen and oxygen atoms in total. The number of hydrogen-bond donors (Lipinski definition) is 1. The first-order valence-corrected chi connectivity index (χ1v) is 8.37. The first-order valence-electron chi connectivity index (χ1n) is 7.49. The second kappa shape index (κ2) is 6.68. The van der Waals surface area contributed by atoms with Gasteiger partial charge in [0.15, 0.2) is 0 Å². The summed E-state index contributed by atoms with van der Waals surface area (Å²) in [6.07, 6.45) is 3.10. The fourth-order valence-corrected chi connectivity index (χ4v) is 3.57. The number of carbonyl (C=O) groups is 1. The van der Waals surface area contributed by atoms with Gasteiger partial charge in [0.1, 0.15) is 0 Å². The van der Waals surface area contributed by atoms with Crippen LogP contribution in [0.5, 0.6) is 0 Å². The molecular weight excluding hydrogens is 270 g/mol. The summed E-state index contributed by atoms with van der Waals surface area (Å²) in [5.74, 6) is 0.734. The molecule has 5 heteroatoms. The molecule has 2 N–H and O–H groups in total. The van der Waals surface area contributed by atoms with Crippen LogP contribution in [0.4, 0.5) is 0 Å². The molecule has 3 atom stereocenters. The molecule has 0 aliphatic carbocycles. The highest BCUT2D eigenvalue weighted by atomic mass is 32.1. The quantitative estimate of drug-likeness (QED) is 0.928. The maximum Gasteiger partial charge on any atom is 0.239 e.